The smallest absolute Gasteiger partial charge is 0.376 e. The number of rotatable bonds is 6. The Hall–Kier alpha value is -1.60. The van der Waals surface area contributed by atoms with Crippen LogP contribution in [-0.4, -0.2) is 43.7 Å². The molecular formula is C16H21F3N2O2. The Bertz CT molecular complexity index is 528. The van der Waals surface area contributed by atoms with Gasteiger partial charge in [-0.1, -0.05) is 18.2 Å². The fraction of sp³-hybridized carbons (Fsp3) is 0.562. The van der Waals surface area contributed by atoms with Gasteiger partial charge < -0.3 is 10.1 Å². The van der Waals surface area contributed by atoms with E-state index in [9.17, 15) is 18.0 Å². The number of nitrogens with one attached hydrogen (secondary N) is 1. The molecule has 0 aliphatic carbocycles. The van der Waals surface area contributed by atoms with Gasteiger partial charge in [-0.3, -0.25) is 9.69 Å². The van der Waals surface area contributed by atoms with Crippen LogP contribution in [0.4, 0.5) is 13.2 Å². The topological polar surface area (TPSA) is 41.6 Å². The molecule has 1 amide bonds. The van der Waals surface area contributed by atoms with Crippen molar-refractivity contribution in [3.63, 3.8) is 0 Å². The highest BCUT2D eigenvalue weighted by molar-refractivity contribution is 5.78. The lowest BCUT2D eigenvalue weighted by atomic mass is 10.1. The third-order valence-corrected chi connectivity index (χ3v) is 3.73. The molecule has 1 aromatic rings. The van der Waals surface area contributed by atoms with E-state index in [1.165, 1.54) is 12.1 Å². The van der Waals surface area contributed by atoms with Crippen molar-refractivity contribution < 1.29 is 22.7 Å². The van der Waals surface area contributed by atoms with Crippen molar-refractivity contribution >= 4 is 5.91 Å². The maximum Gasteiger partial charge on any atom is 0.416 e. The molecule has 1 unspecified atom stereocenters. The Labute approximate surface area is 133 Å². The molecule has 23 heavy (non-hydrogen) atoms. The number of nitrogens with zero attached hydrogens (tertiary/aromatic N) is 1. The molecule has 1 aromatic carbocycles. The summed E-state index contributed by atoms with van der Waals surface area (Å²) in [5, 5.41) is 2.76. The van der Waals surface area contributed by atoms with E-state index in [2.05, 4.69) is 5.32 Å². The second-order valence-corrected chi connectivity index (χ2v) is 5.77. The number of alkyl halides is 3. The van der Waals surface area contributed by atoms with Gasteiger partial charge in [0, 0.05) is 19.7 Å². The van der Waals surface area contributed by atoms with E-state index in [1.807, 2.05) is 0 Å². The van der Waals surface area contributed by atoms with Crippen molar-refractivity contribution in [3.05, 3.63) is 35.4 Å². The summed E-state index contributed by atoms with van der Waals surface area (Å²) in [4.78, 5) is 13.4. The summed E-state index contributed by atoms with van der Waals surface area (Å²) < 4.78 is 44.2. The lowest BCUT2D eigenvalue weighted by molar-refractivity contribution is -0.138. The molecule has 4 nitrogen and oxygen atoms in total. The highest BCUT2D eigenvalue weighted by atomic mass is 19.4. The SMILES string of the molecule is CN(CC(=O)NCC1CCCO1)Cc1ccccc1C(F)(F)F. The maximum atomic E-state index is 12.9. The zero-order chi connectivity index (χ0) is 16.9. The number of benzene rings is 1. The van der Waals surface area contributed by atoms with E-state index in [1.54, 1.807) is 18.0 Å². The van der Waals surface area contributed by atoms with Crippen LogP contribution in [0.3, 0.4) is 0 Å². The van der Waals surface area contributed by atoms with Gasteiger partial charge in [-0.05, 0) is 31.5 Å². The van der Waals surface area contributed by atoms with Gasteiger partial charge in [-0.15, -0.1) is 0 Å². The molecule has 0 bridgehead atoms. The third kappa shape index (κ3) is 5.51. The quantitative estimate of drug-likeness (QED) is 0.871. The van der Waals surface area contributed by atoms with Gasteiger partial charge in [0.2, 0.25) is 5.91 Å². The highest BCUT2D eigenvalue weighted by Crippen LogP contribution is 2.32. The van der Waals surface area contributed by atoms with Crippen LogP contribution in [0.15, 0.2) is 24.3 Å². The van der Waals surface area contributed by atoms with Gasteiger partial charge in [0.15, 0.2) is 0 Å². The minimum Gasteiger partial charge on any atom is -0.376 e. The Balaban J connectivity index is 1.84. The van der Waals surface area contributed by atoms with Crippen LogP contribution in [0.1, 0.15) is 24.0 Å². The number of halogens is 3. The Morgan fingerprint density at radius 3 is 2.78 bits per heavy atom. The zero-order valence-electron chi connectivity index (χ0n) is 13.0. The molecule has 0 saturated carbocycles. The first kappa shape index (κ1) is 17.7. The van der Waals surface area contributed by atoms with E-state index in [-0.39, 0.29) is 30.7 Å². The first-order valence-electron chi connectivity index (χ1n) is 7.58. The normalized spacial score (nSPS) is 18.4. The first-order chi connectivity index (χ1) is 10.9. The van der Waals surface area contributed by atoms with E-state index in [0.717, 1.165) is 18.9 Å². The van der Waals surface area contributed by atoms with Crippen LogP contribution in [0, 0.1) is 0 Å². The Morgan fingerprint density at radius 1 is 1.39 bits per heavy atom. The van der Waals surface area contributed by atoms with E-state index in [4.69, 9.17) is 4.74 Å². The van der Waals surface area contributed by atoms with Gasteiger partial charge in [-0.25, -0.2) is 0 Å². The molecule has 1 aliphatic heterocycles. The van der Waals surface area contributed by atoms with Gasteiger partial charge >= 0.3 is 6.18 Å². The molecule has 1 atom stereocenters. The van der Waals surface area contributed by atoms with Crippen LogP contribution < -0.4 is 5.32 Å². The number of hydrogen-bond donors (Lipinski definition) is 1. The summed E-state index contributed by atoms with van der Waals surface area (Å²) in [6, 6.07) is 5.42. The maximum absolute atomic E-state index is 12.9. The fourth-order valence-electron chi connectivity index (χ4n) is 2.62. The van der Waals surface area contributed by atoms with Crippen molar-refractivity contribution in [1.29, 1.82) is 0 Å². The predicted molar refractivity (Wildman–Crippen MR) is 79.8 cm³/mol. The largest absolute Gasteiger partial charge is 0.416 e. The van der Waals surface area contributed by atoms with Crippen LogP contribution in [0.25, 0.3) is 0 Å². The zero-order valence-corrected chi connectivity index (χ0v) is 13.0. The number of likely N-dealkylation sites (N-methyl/N-ethyl adjacent to an activating group) is 1. The van der Waals surface area contributed by atoms with E-state index in [0.29, 0.717) is 13.2 Å². The second kappa shape index (κ2) is 7.79. The molecule has 1 N–H and O–H groups in total. The molecule has 1 saturated heterocycles. The minimum atomic E-state index is -4.39. The van der Waals surface area contributed by atoms with E-state index >= 15 is 0 Å². The molecule has 2 rings (SSSR count). The van der Waals surface area contributed by atoms with Gasteiger partial charge in [0.1, 0.15) is 0 Å². The number of carbonyl (C=O) groups excluding carboxylic acids is 1. The average Bonchev–Trinajstić information content (AvgIpc) is 2.97. The van der Waals surface area contributed by atoms with Crippen LogP contribution >= 0.6 is 0 Å². The summed E-state index contributed by atoms with van der Waals surface area (Å²) >= 11 is 0. The van der Waals surface area contributed by atoms with Crippen molar-refractivity contribution in [1.82, 2.24) is 10.2 Å². The summed E-state index contributed by atoms with van der Waals surface area (Å²) in [6.07, 6.45) is -2.42. The molecule has 7 heteroatoms. The minimum absolute atomic E-state index is 0.0406. The van der Waals surface area contributed by atoms with E-state index < -0.39 is 11.7 Å². The molecule has 1 heterocycles. The summed E-state index contributed by atoms with van der Waals surface area (Å²) in [5.74, 6) is -0.215. The fourth-order valence-corrected chi connectivity index (χ4v) is 2.62. The molecule has 0 spiro atoms. The number of amides is 1. The van der Waals surface area contributed by atoms with Crippen LogP contribution in [-0.2, 0) is 22.3 Å². The van der Waals surface area contributed by atoms with Crippen LogP contribution in [0.2, 0.25) is 0 Å². The van der Waals surface area contributed by atoms with Crippen molar-refractivity contribution in [2.75, 3.05) is 26.7 Å². The first-order valence-corrected chi connectivity index (χ1v) is 7.58. The average molecular weight is 330 g/mol. The van der Waals surface area contributed by atoms with Crippen molar-refractivity contribution in [2.24, 2.45) is 0 Å². The number of hydrogen-bond acceptors (Lipinski definition) is 3. The monoisotopic (exact) mass is 330 g/mol. The van der Waals surface area contributed by atoms with Crippen molar-refractivity contribution in [3.8, 4) is 0 Å². The van der Waals surface area contributed by atoms with Gasteiger partial charge in [-0.2, -0.15) is 13.2 Å². The third-order valence-electron chi connectivity index (χ3n) is 3.73. The molecule has 128 valence electrons. The summed E-state index contributed by atoms with van der Waals surface area (Å²) in [6.45, 7) is 1.27. The van der Waals surface area contributed by atoms with Crippen LogP contribution in [0.5, 0.6) is 0 Å². The van der Waals surface area contributed by atoms with Crippen molar-refractivity contribution in [2.45, 2.75) is 31.7 Å². The lowest BCUT2D eigenvalue weighted by Crippen LogP contribution is -2.38. The second-order valence-electron chi connectivity index (χ2n) is 5.77. The molecule has 0 radical (unpaired) electrons. The molecule has 0 aromatic heterocycles. The molecule has 1 aliphatic rings. The predicted octanol–water partition coefficient (Wildman–Crippen LogP) is 2.43. The Kier molecular flexibility index (Phi) is 6.01. The number of ether oxygens (including phenoxy) is 1. The standard InChI is InChI=1S/C16H21F3N2O2/c1-21(11-15(22)20-9-13-6-4-8-23-13)10-12-5-2-3-7-14(12)16(17,18)19/h2-3,5,7,13H,4,6,8-11H2,1H3,(H,20,22). The summed E-state index contributed by atoms with van der Waals surface area (Å²) in [5.41, 5.74) is -0.499. The number of carbonyl (C=O) groups is 1. The lowest BCUT2D eigenvalue weighted by Gasteiger charge is -2.20. The molecular weight excluding hydrogens is 309 g/mol. The summed E-state index contributed by atoms with van der Waals surface area (Å²) in [7, 11) is 1.62. The Morgan fingerprint density at radius 2 is 2.13 bits per heavy atom. The van der Waals surface area contributed by atoms with Gasteiger partial charge in [0.05, 0.1) is 18.2 Å². The van der Waals surface area contributed by atoms with Gasteiger partial charge in [0.25, 0.3) is 0 Å². The highest BCUT2D eigenvalue weighted by Gasteiger charge is 2.33. The molecule has 1 fully saturated rings.